The SMILES string of the molecule is COc1cc(-c2cnn3c2C(=O)N(C2=CC#CC(C(F)(F)F)C=C2)C[C@@H]3C)ccn1. The quantitative estimate of drug-likeness (QED) is 0.720. The summed E-state index contributed by atoms with van der Waals surface area (Å²) in [6, 6.07) is 3.25. The van der Waals surface area contributed by atoms with Gasteiger partial charge in [-0.1, -0.05) is 17.9 Å². The molecule has 1 aliphatic carbocycles. The summed E-state index contributed by atoms with van der Waals surface area (Å²) in [5.41, 5.74) is 1.96. The van der Waals surface area contributed by atoms with Gasteiger partial charge in [-0.25, -0.2) is 4.98 Å². The van der Waals surface area contributed by atoms with E-state index in [-0.39, 0.29) is 18.5 Å². The summed E-state index contributed by atoms with van der Waals surface area (Å²) in [6.45, 7) is 2.15. The number of alkyl halides is 3. The molecule has 9 heteroatoms. The molecular formula is C21H17F3N4O2. The van der Waals surface area contributed by atoms with E-state index in [4.69, 9.17) is 4.74 Å². The minimum atomic E-state index is -4.46. The average molecular weight is 414 g/mol. The van der Waals surface area contributed by atoms with Gasteiger partial charge in [0.15, 0.2) is 0 Å². The molecule has 0 radical (unpaired) electrons. The van der Waals surface area contributed by atoms with Gasteiger partial charge in [0.25, 0.3) is 5.91 Å². The Morgan fingerprint density at radius 2 is 2.13 bits per heavy atom. The summed E-state index contributed by atoms with van der Waals surface area (Å²) in [7, 11) is 1.49. The number of aromatic nitrogens is 3. The number of pyridine rings is 1. The van der Waals surface area contributed by atoms with Crippen molar-refractivity contribution >= 4 is 5.91 Å². The lowest BCUT2D eigenvalue weighted by Crippen LogP contribution is -2.41. The first kappa shape index (κ1) is 19.8. The fraction of sp³-hybridized carbons (Fsp3) is 0.286. The smallest absolute Gasteiger partial charge is 0.405 e. The predicted octanol–water partition coefficient (Wildman–Crippen LogP) is 3.61. The molecule has 2 aromatic rings. The third-order valence-corrected chi connectivity index (χ3v) is 4.95. The van der Waals surface area contributed by atoms with Crippen molar-refractivity contribution in [1.29, 1.82) is 0 Å². The number of allylic oxidation sites excluding steroid dienone is 3. The molecule has 0 N–H and O–H groups in total. The van der Waals surface area contributed by atoms with Crippen LogP contribution >= 0.6 is 0 Å². The van der Waals surface area contributed by atoms with Gasteiger partial charge >= 0.3 is 6.18 Å². The number of methoxy groups -OCH3 is 1. The van der Waals surface area contributed by atoms with Crippen LogP contribution in [0.25, 0.3) is 11.1 Å². The highest BCUT2D eigenvalue weighted by atomic mass is 19.4. The molecule has 2 aliphatic rings. The average Bonchev–Trinajstić information content (AvgIpc) is 3.02. The number of carbonyl (C=O) groups is 1. The second-order valence-corrected chi connectivity index (χ2v) is 6.94. The van der Waals surface area contributed by atoms with E-state index in [9.17, 15) is 18.0 Å². The Morgan fingerprint density at radius 1 is 1.33 bits per heavy atom. The Morgan fingerprint density at radius 3 is 2.87 bits per heavy atom. The summed E-state index contributed by atoms with van der Waals surface area (Å²) in [5, 5.41) is 4.36. The fourth-order valence-electron chi connectivity index (χ4n) is 3.44. The molecule has 0 aromatic carbocycles. The Kier molecular flexibility index (Phi) is 4.86. The molecule has 6 nitrogen and oxygen atoms in total. The van der Waals surface area contributed by atoms with Crippen molar-refractivity contribution in [1.82, 2.24) is 19.7 Å². The van der Waals surface area contributed by atoms with Crippen molar-refractivity contribution in [3.8, 4) is 28.8 Å². The molecule has 0 saturated carbocycles. The monoisotopic (exact) mass is 414 g/mol. The highest BCUT2D eigenvalue weighted by Crippen LogP contribution is 2.34. The number of amides is 1. The third-order valence-electron chi connectivity index (χ3n) is 4.95. The first-order valence-electron chi connectivity index (χ1n) is 9.15. The summed E-state index contributed by atoms with van der Waals surface area (Å²) < 4.78 is 45.8. The zero-order valence-corrected chi connectivity index (χ0v) is 16.1. The van der Waals surface area contributed by atoms with E-state index in [2.05, 4.69) is 21.9 Å². The maximum Gasteiger partial charge on any atom is 0.405 e. The highest BCUT2D eigenvalue weighted by Gasteiger charge is 2.38. The minimum absolute atomic E-state index is 0.181. The summed E-state index contributed by atoms with van der Waals surface area (Å²) in [5.74, 6) is 2.76. The van der Waals surface area contributed by atoms with Crippen LogP contribution in [0.3, 0.4) is 0 Å². The molecule has 0 fully saturated rings. The molecular weight excluding hydrogens is 397 g/mol. The highest BCUT2D eigenvalue weighted by molar-refractivity contribution is 6.01. The van der Waals surface area contributed by atoms with Crippen LogP contribution < -0.4 is 4.74 Å². The normalized spacial score (nSPS) is 20.8. The number of nitrogens with zero attached hydrogens (tertiary/aromatic N) is 4. The van der Waals surface area contributed by atoms with Crippen LogP contribution in [0.2, 0.25) is 0 Å². The van der Waals surface area contributed by atoms with Crippen LogP contribution in [0.5, 0.6) is 5.88 Å². The van der Waals surface area contributed by atoms with Crippen molar-refractivity contribution in [3.63, 3.8) is 0 Å². The number of hydrogen-bond acceptors (Lipinski definition) is 4. The van der Waals surface area contributed by atoms with Crippen LogP contribution in [0.4, 0.5) is 13.2 Å². The number of halogens is 3. The van der Waals surface area contributed by atoms with E-state index in [0.29, 0.717) is 28.4 Å². The molecule has 4 rings (SSSR count). The van der Waals surface area contributed by atoms with Gasteiger partial charge in [-0.15, -0.1) is 0 Å². The Bertz CT molecular complexity index is 1120. The topological polar surface area (TPSA) is 60.3 Å². The van der Waals surface area contributed by atoms with E-state index >= 15 is 0 Å². The maximum atomic E-state index is 13.3. The van der Waals surface area contributed by atoms with Gasteiger partial charge in [0.05, 0.1) is 25.0 Å². The lowest BCUT2D eigenvalue weighted by Gasteiger charge is -2.32. The van der Waals surface area contributed by atoms with Gasteiger partial charge in [-0.2, -0.15) is 18.3 Å². The molecule has 1 aliphatic heterocycles. The minimum Gasteiger partial charge on any atom is -0.481 e. The molecule has 0 bridgehead atoms. The van der Waals surface area contributed by atoms with Crippen molar-refractivity contribution in [2.75, 3.05) is 13.7 Å². The van der Waals surface area contributed by atoms with Crippen LogP contribution in [0.1, 0.15) is 23.5 Å². The van der Waals surface area contributed by atoms with E-state index in [0.717, 1.165) is 6.08 Å². The van der Waals surface area contributed by atoms with Gasteiger partial charge in [-0.05, 0) is 24.6 Å². The maximum absolute atomic E-state index is 13.3. The molecule has 2 aromatic heterocycles. The van der Waals surface area contributed by atoms with Crippen molar-refractivity contribution in [2.45, 2.75) is 19.1 Å². The predicted molar refractivity (Wildman–Crippen MR) is 102 cm³/mol. The van der Waals surface area contributed by atoms with E-state index in [1.54, 1.807) is 29.2 Å². The second-order valence-electron chi connectivity index (χ2n) is 6.94. The summed E-state index contributed by atoms with van der Waals surface area (Å²) >= 11 is 0. The Labute approximate surface area is 170 Å². The van der Waals surface area contributed by atoms with Gasteiger partial charge in [-0.3, -0.25) is 9.48 Å². The molecule has 2 atom stereocenters. The van der Waals surface area contributed by atoms with Gasteiger partial charge in [0, 0.05) is 30.4 Å². The molecule has 30 heavy (non-hydrogen) atoms. The summed E-state index contributed by atoms with van der Waals surface area (Å²) in [6.07, 6.45) is 2.31. The molecule has 1 amide bonds. The first-order valence-corrected chi connectivity index (χ1v) is 9.15. The summed E-state index contributed by atoms with van der Waals surface area (Å²) in [4.78, 5) is 18.8. The van der Waals surface area contributed by atoms with Gasteiger partial charge in [0.1, 0.15) is 11.6 Å². The Balaban J connectivity index is 1.71. The lowest BCUT2D eigenvalue weighted by molar-refractivity contribution is -0.146. The molecule has 154 valence electrons. The van der Waals surface area contributed by atoms with Crippen LogP contribution in [0, 0.1) is 17.8 Å². The number of hydrogen-bond donors (Lipinski definition) is 0. The van der Waals surface area contributed by atoms with Gasteiger partial charge in [0.2, 0.25) is 5.88 Å². The van der Waals surface area contributed by atoms with E-state index in [1.165, 1.54) is 24.2 Å². The number of ether oxygens (including phenoxy) is 1. The largest absolute Gasteiger partial charge is 0.481 e. The van der Waals surface area contributed by atoms with E-state index < -0.39 is 12.1 Å². The van der Waals surface area contributed by atoms with Crippen molar-refractivity contribution < 1.29 is 22.7 Å². The zero-order valence-electron chi connectivity index (χ0n) is 16.1. The van der Waals surface area contributed by atoms with Crippen molar-refractivity contribution in [3.05, 3.63) is 54.1 Å². The van der Waals surface area contributed by atoms with Crippen molar-refractivity contribution in [2.24, 2.45) is 5.92 Å². The molecule has 0 spiro atoms. The van der Waals surface area contributed by atoms with Crippen LogP contribution in [-0.4, -0.2) is 45.4 Å². The van der Waals surface area contributed by atoms with Crippen LogP contribution in [-0.2, 0) is 0 Å². The lowest BCUT2D eigenvalue weighted by atomic mass is 10.0. The third kappa shape index (κ3) is 3.45. The molecule has 3 heterocycles. The number of carbonyl (C=O) groups excluding carboxylic acids is 1. The fourth-order valence-corrected chi connectivity index (χ4v) is 3.44. The first-order chi connectivity index (χ1) is 14.3. The standard InChI is InChI=1S/C21H17F3N4O2/c1-13-12-27(16-5-3-4-15(6-7-16)21(22,23)24)20(29)19-17(11-26-28(13)19)14-8-9-25-18(10-14)30-2/h5-11,13,15H,12H2,1-2H3/t13-,15?/m0/s1. The molecule has 1 unspecified atom stereocenters. The second kappa shape index (κ2) is 7.37. The zero-order chi connectivity index (χ0) is 21.5. The molecule has 0 saturated heterocycles. The van der Waals surface area contributed by atoms with E-state index in [1.807, 2.05) is 6.92 Å². The Hall–Kier alpha value is -3.54. The number of fused-ring (bicyclic) bond motifs is 1. The van der Waals surface area contributed by atoms with Gasteiger partial charge < -0.3 is 9.64 Å². The van der Waals surface area contributed by atoms with Crippen LogP contribution in [0.15, 0.2) is 48.5 Å². The number of rotatable bonds is 3.